The van der Waals surface area contributed by atoms with E-state index in [0.717, 1.165) is 0 Å². The van der Waals surface area contributed by atoms with Crippen LogP contribution in [0.25, 0.3) is 0 Å². The van der Waals surface area contributed by atoms with Crippen LogP contribution in [-0.4, -0.2) is 13.0 Å². The van der Waals surface area contributed by atoms with E-state index in [9.17, 15) is 18.8 Å². The van der Waals surface area contributed by atoms with Crippen LogP contribution < -0.4 is 26.2 Å². The summed E-state index contributed by atoms with van der Waals surface area (Å²) in [6.45, 7) is 3.50. The number of rotatable bonds is 3. The van der Waals surface area contributed by atoms with Gasteiger partial charge in [0.1, 0.15) is 11.5 Å². The molecule has 2 N–H and O–H groups in total. The van der Waals surface area contributed by atoms with Crippen LogP contribution in [0, 0.1) is 12.7 Å². The molecule has 3 rings (SSSR count). The van der Waals surface area contributed by atoms with Crippen LogP contribution in [-0.2, 0) is 0 Å². The second-order valence-corrected chi connectivity index (χ2v) is 5.23. The molecule has 114 valence electrons. The van der Waals surface area contributed by atoms with Gasteiger partial charge in [0.15, 0.2) is 5.75 Å². The van der Waals surface area contributed by atoms with Gasteiger partial charge in [0, 0.05) is 0 Å². The van der Waals surface area contributed by atoms with Gasteiger partial charge in [-0.05, 0) is 31.0 Å². The zero-order chi connectivity index (χ0) is 16.2. The fourth-order valence-corrected chi connectivity index (χ4v) is 2.85. The van der Waals surface area contributed by atoms with Crippen molar-refractivity contribution in [3.8, 4) is 5.75 Å². The minimum atomic E-state index is -0.794. The summed E-state index contributed by atoms with van der Waals surface area (Å²) in [5.74, 6) is -1.26. The Labute approximate surface area is 124 Å². The smallest absolute Gasteiger partial charge is 0.272 e. The average molecular weight is 304 g/mol. The van der Waals surface area contributed by atoms with E-state index in [-0.39, 0.29) is 28.7 Å². The van der Waals surface area contributed by atoms with E-state index in [1.807, 2.05) is 0 Å². The van der Waals surface area contributed by atoms with Crippen molar-refractivity contribution in [3.63, 3.8) is 0 Å². The van der Waals surface area contributed by atoms with E-state index in [2.05, 4.69) is 10.6 Å². The molecule has 0 saturated heterocycles. The lowest BCUT2D eigenvalue weighted by Crippen LogP contribution is -2.34. The third kappa shape index (κ3) is 1.75. The van der Waals surface area contributed by atoms with Gasteiger partial charge in [-0.1, -0.05) is 0 Å². The van der Waals surface area contributed by atoms with Gasteiger partial charge in [0.05, 0.1) is 24.4 Å². The Morgan fingerprint density at radius 1 is 1.23 bits per heavy atom. The number of aryl methyl sites for hydroxylation is 1. The fraction of sp³-hybridized carbons (Fsp3) is 0.267. The summed E-state index contributed by atoms with van der Waals surface area (Å²) in [4.78, 5) is 35.0. The minimum absolute atomic E-state index is 0.118. The van der Waals surface area contributed by atoms with E-state index in [0.29, 0.717) is 11.1 Å². The van der Waals surface area contributed by atoms with E-state index >= 15 is 0 Å². The van der Waals surface area contributed by atoms with Gasteiger partial charge in [-0.15, -0.1) is 0 Å². The highest BCUT2D eigenvalue weighted by molar-refractivity contribution is 6.05. The third-order valence-corrected chi connectivity index (χ3v) is 3.85. The first-order valence-corrected chi connectivity index (χ1v) is 6.65. The minimum Gasteiger partial charge on any atom is -0.491 e. The van der Waals surface area contributed by atoms with Gasteiger partial charge in [-0.2, -0.15) is 0 Å². The van der Waals surface area contributed by atoms with Gasteiger partial charge < -0.3 is 15.4 Å². The van der Waals surface area contributed by atoms with Gasteiger partial charge in [-0.25, -0.2) is 4.39 Å². The number of halogens is 1. The number of carbonyl (C=O) groups excluding carboxylic acids is 1. The summed E-state index contributed by atoms with van der Waals surface area (Å²) in [5, 5.41) is 5.26. The molecule has 7 heteroatoms. The Balaban J connectivity index is 2.17. The highest BCUT2D eigenvalue weighted by Crippen LogP contribution is 2.37. The maximum absolute atomic E-state index is 14.3. The highest BCUT2D eigenvalue weighted by atomic mass is 19.1. The molecular weight excluding hydrogens is 291 g/mol. The molecule has 0 bridgehead atoms. The van der Waals surface area contributed by atoms with Gasteiger partial charge in [0.2, 0.25) is 0 Å². The van der Waals surface area contributed by atoms with Crippen molar-refractivity contribution in [3.05, 3.63) is 49.0 Å². The third-order valence-electron chi connectivity index (χ3n) is 3.85. The van der Waals surface area contributed by atoms with Crippen LogP contribution in [0.2, 0.25) is 0 Å². The largest absolute Gasteiger partial charge is 0.491 e. The molecule has 0 aromatic heterocycles. The predicted octanol–water partition coefficient (Wildman–Crippen LogP) is 1.29. The van der Waals surface area contributed by atoms with Gasteiger partial charge >= 0.3 is 0 Å². The molecule has 1 atom stereocenters. The maximum Gasteiger partial charge on any atom is 0.272 e. The number of ether oxygens (including phenoxy) is 1. The zero-order valence-corrected chi connectivity index (χ0v) is 12.2. The molecule has 0 unspecified atom stereocenters. The number of hydrogen-bond acceptors (Lipinski definition) is 5. The summed E-state index contributed by atoms with van der Waals surface area (Å²) in [6, 6.07) is 1.04. The summed E-state index contributed by atoms with van der Waals surface area (Å²) in [7, 11) is 1.24. The Hall–Kier alpha value is -2.70. The average Bonchev–Trinajstić information content (AvgIpc) is 2.76. The lowest BCUT2D eigenvalue weighted by molar-refractivity contribution is 0.0959. The first-order chi connectivity index (χ1) is 10.4. The number of methoxy groups -OCH3 is 1. The van der Waals surface area contributed by atoms with Crippen LogP contribution in [0.15, 0.2) is 15.7 Å². The van der Waals surface area contributed by atoms with Crippen LogP contribution >= 0.6 is 0 Å². The number of carbonyl (C=O) groups is 1. The van der Waals surface area contributed by atoms with Gasteiger partial charge in [-0.3, -0.25) is 14.4 Å². The molecule has 0 fully saturated rings. The van der Waals surface area contributed by atoms with E-state index < -0.39 is 22.6 Å². The lowest BCUT2D eigenvalue weighted by Gasteiger charge is -2.16. The van der Waals surface area contributed by atoms with Crippen molar-refractivity contribution in [1.29, 1.82) is 0 Å². The number of hydrogen-bond donors (Lipinski definition) is 2. The zero-order valence-electron chi connectivity index (χ0n) is 12.2. The van der Waals surface area contributed by atoms with E-state index in [1.165, 1.54) is 13.2 Å². The van der Waals surface area contributed by atoms with E-state index in [1.54, 1.807) is 13.8 Å². The molecule has 0 spiro atoms. The SMILES string of the molecule is COc1c(Nc2c(F)cc(C)c3c2C(=O)N[C@@H]3C)c(=O)c1=O. The van der Waals surface area contributed by atoms with Crippen LogP contribution in [0.1, 0.15) is 34.5 Å². The summed E-state index contributed by atoms with van der Waals surface area (Å²) >= 11 is 0. The quantitative estimate of drug-likeness (QED) is 0.835. The highest BCUT2D eigenvalue weighted by Gasteiger charge is 2.33. The van der Waals surface area contributed by atoms with E-state index in [4.69, 9.17) is 4.74 Å². The maximum atomic E-state index is 14.3. The first-order valence-electron chi connectivity index (χ1n) is 6.65. The summed E-state index contributed by atoms with van der Waals surface area (Å²) in [5.41, 5.74) is -0.353. The second-order valence-electron chi connectivity index (χ2n) is 5.23. The Morgan fingerprint density at radius 3 is 2.55 bits per heavy atom. The molecule has 0 saturated carbocycles. The molecule has 22 heavy (non-hydrogen) atoms. The Bertz CT molecular complexity index is 881. The Kier molecular flexibility index (Phi) is 3.01. The van der Waals surface area contributed by atoms with Crippen LogP contribution in [0.5, 0.6) is 5.75 Å². The van der Waals surface area contributed by atoms with Crippen molar-refractivity contribution in [2.75, 3.05) is 12.4 Å². The van der Waals surface area contributed by atoms with Crippen molar-refractivity contribution in [1.82, 2.24) is 5.32 Å². The molecule has 2 aromatic rings. The van der Waals surface area contributed by atoms with Gasteiger partial charge in [0.25, 0.3) is 16.8 Å². The molecule has 1 heterocycles. The second kappa shape index (κ2) is 4.66. The number of amides is 1. The lowest BCUT2D eigenvalue weighted by atomic mass is 9.97. The molecule has 0 aliphatic carbocycles. The number of benzene rings is 1. The molecule has 1 amide bonds. The monoisotopic (exact) mass is 304 g/mol. The number of nitrogens with one attached hydrogen (secondary N) is 2. The molecule has 1 aliphatic rings. The van der Waals surface area contributed by atoms with Crippen molar-refractivity contribution in [2.24, 2.45) is 0 Å². The van der Waals surface area contributed by atoms with Crippen molar-refractivity contribution in [2.45, 2.75) is 19.9 Å². The Morgan fingerprint density at radius 2 is 1.91 bits per heavy atom. The normalized spacial score (nSPS) is 16.5. The van der Waals surface area contributed by atoms with Crippen LogP contribution in [0.4, 0.5) is 15.8 Å². The van der Waals surface area contributed by atoms with Crippen molar-refractivity contribution < 1.29 is 13.9 Å². The molecule has 1 aliphatic heterocycles. The summed E-state index contributed by atoms with van der Waals surface area (Å²) < 4.78 is 19.1. The molecule has 6 nitrogen and oxygen atoms in total. The first kappa shape index (κ1) is 14.2. The standard InChI is InChI=1S/C15H13FN2O4/c1-5-4-7(16)10(9-8(5)6(2)17-15(9)21)18-11-12(19)13(20)14(11)22-3/h4,6,18H,1-3H3,(H,17,21)/t6-/m1/s1. The molecule has 0 radical (unpaired) electrons. The fourth-order valence-electron chi connectivity index (χ4n) is 2.85. The number of fused-ring (bicyclic) bond motifs is 1. The predicted molar refractivity (Wildman–Crippen MR) is 78.2 cm³/mol. The van der Waals surface area contributed by atoms with Crippen molar-refractivity contribution >= 4 is 17.3 Å². The van der Waals surface area contributed by atoms with Crippen LogP contribution in [0.3, 0.4) is 0 Å². The molecule has 2 aromatic carbocycles. The number of anilines is 2. The summed E-state index contributed by atoms with van der Waals surface area (Å²) in [6.07, 6.45) is 0. The topological polar surface area (TPSA) is 84.5 Å². The molecular formula is C15H13FN2O4.